The first kappa shape index (κ1) is 36.6. The second-order valence-corrected chi connectivity index (χ2v) is 19.0. The van der Waals surface area contributed by atoms with Gasteiger partial charge in [0.25, 0.3) is 0 Å². The lowest BCUT2D eigenvalue weighted by Crippen LogP contribution is -2.39. The molecule has 0 aromatic heterocycles. The SMILES string of the molecule is CC1CNCC(C)[C@@H]2[C@@H]1c1cc(S(=O)(=O)c3ccccc3)ccc1N2C.CC1CNCC[C@H]2c3cc(S(=O)(=O)c4cccc(F)c4)ccc3N(C)[C@H]12. The van der Waals surface area contributed by atoms with Gasteiger partial charge in [-0.1, -0.05) is 45.0 Å². The molecule has 4 aliphatic heterocycles. The summed E-state index contributed by atoms with van der Waals surface area (Å²) in [6.45, 7) is 10.7. The summed E-state index contributed by atoms with van der Waals surface area (Å²) in [6, 6.07) is 25.7. The van der Waals surface area contributed by atoms with Crippen molar-refractivity contribution >= 4 is 31.0 Å². The van der Waals surface area contributed by atoms with E-state index in [-0.39, 0.29) is 9.79 Å². The number of rotatable bonds is 4. The summed E-state index contributed by atoms with van der Waals surface area (Å²) in [7, 11) is -2.99. The summed E-state index contributed by atoms with van der Waals surface area (Å²) in [5, 5.41) is 7.02. The lowest BCUT2D eigenvalue weighted by atomic mass is 9.80. The molecule has 8 nitrogen and oxygen atoms in total. The van der Waals surface area contributed by atoms with Gasteiger partial charge in [0.05, 0.1) is 19.6 Å². The van der Waals surface area contributed by atoms with Crippen molar-refractivity contribution in [2.75, 3.05) is 50.1 Å². The van der Waals surface area contributed by atoms with E-state index in [0.717, 1.165) is 49.9 Å². The normalized spacial score (nSPS) is 26.9. The van der Waals surface area contributed by atoms with Crippen molar-refractivity contribution in [3.8, 4) is 0 Å². The molecule has 0 radical (unpaired) electrons. The molecule has 7 atom stereocenters. The Kier molecular flexibility index (Phi) is 10.0. The van der Waals surface area contributed by atoms with Gasteiger partial charge in [-0.25, -0.2) is 21.2 Å². The number of hydrogen-bond donors (Lipinski definition) is 2. The van der Waals surface area contributed by atoms with Crippen molar-refractivity contribution in [1.29, 1.82) is 0 Å². The topological polar surface area (TPSA) is 98.8 Å². The number of halogens is 1. The fourth-order valence-corrected chi connectivity index (χ4v) is 11.9. The first-order chi connectivity index (χ1) is 24.8. The van der Waals surface area contributed by atoms with E-state index in [1.165, 1.54) is 29.4 Å². The number of hydrogen-bond acceptors (Lipinski definition) is 8. The highest BCUT2D eigenvalue weighted by Crippen LogP contribution is 2.49. The Balaban J connectivity index is 0.000000162. The summed E-state index contributed by atoms with van der Waals surface area (Å²) >= 11 is 0. The van der Waals surface area contributed by atoms with Crippen LogP contribution in [-0.2, 0) is 19.7 Å². The summed E-state index contributed by atoms with van der Waals surface area (Å²) < 4.78 is 65.6. The van der Waals surface area contributed by atoms with Gasteiger partial charge < -0.3 is 20.4 Å². The van der Waals surface area contributed by atoms with Crippen LogP contribution in [0.5, 0.6) is 0 Å². The minimum absolute atomic E-state index is 0.00347. The first-order valence-electron chi connectivity index (χ1n) is 18.3. The van der Waals surface area contributed by atoms with E-state index in [1.54, 1.807) is 42.5 Å². The highest BCUT2D eigenvalue weighted by atomic mass is 32.2. The maximum Gasteiger partial charge on any atom is 0.206 e. The van der Waals surface area contributed by atoms with Crippen molar-refractivity contribution in [2.24, 2.45) is 17.8 Å². The molecule has 8 rings (SSSR count). The maximum absolute atomic E-state index is 13.5. The lowest BCUT2D eigenvalue weighted by Gasteiger charge is -2.32. The Labute approximate surface area is 308 Å². The van der Waals surface area contributed by atoms with Gasteiger partial charge in [-0.15, -0.1) is 0 Å². The molecule has 4 aromatic carbocycles. The Morgan fingerprint density at radius 1 is 0.596 bits per heavy atom. The Morgan fingerprint density at radius 2 is 1.13 bits per heavy atom. The van der Waals surface area contributed by atoms with Gasteiger partial charge in [0, 0.05) is 49.4 Å². The minimum Gasteiger partial charge on any atom is -0.370 e. The number of likely N-dealkylation sites (N-methyl/N-ethyl adjacent to an activating group) is 2. The fraction of sp³-hybridized carbons (Fsp3) is 0.415. The second kappa shape index (κ2) is 14.2. The molecule has 0 saturated carbocycles. The van der Waals surface area contributed by atoms with E-state index >= 15 is 0 Å². The van der Waals surface area contributed by atoms with Crippen LogP contribution in [0.3, 0.4) is 0 Å². The predicted molar refractivity (Wildman–Crippen MR) is 204 cm³/mol. The molecule has 11 heteroatoms. The third-order valence-corrected chi connectivity index (χ3v) is 15.3. The van der Waals surface area contributed by atoms with Crippen LogP contribution in [0, 0.1) is 23.6 Å². The predicted octanol–water partition coefficient (Wildman–Crippen LogP) is 6.49. The summed E-state index contributed by atoms with van der Waals surface area (Å²) in [5.41, 5.74) is 4.54. The molecule has 4 aliphatic rings. The van der Waals surface area contributed by atoms with Gasteiger partial charge >= 0.3 is 0 Å². The average Bonchev–Trinajstić information content (AvgIpc) is 3.42. The van der Waals surface area contributed by atoms with Crippen LogP contribution in [0.1, 0.15) is 50.2 Å². The third kappa shape index (κ3) is 6.44. The molecule has 3 unspecified atom stereocenters. The van der Waals surface area contributed by atoms with E-state index in [0.29, 0.717) is 51.5 Å². The molecule has 0 aliphatic carbocycles. The van der Waals surface area contributed by atoms with Crippen molar-refractivity contribution in [1.82, 2.24) is 10.6 Å². The van der Waals surface area contributed by atoms with Crippen molar-refractivity contribution < 1.29 is 21.2 Å². The van der Waals surface area contributed by atoms with Crippen molar-refractivity contribution in [3.63, 3.8) is 0 Å². The number of nitrogens with zero attached hydrogens (tertiary/aromatic N) is 2. The van der Waals surface area contributed by atoms with Gasteiger partial charge in [0.15, 0.2) is 0 Å². The molecule has 0 spiro atoms. The number of anilines is 2. The maximum atomic E-state index is 13.5. The van der Waals surface area contributed by atoms with Crippen LogP contribution in [0.2, 0.25) is 0 Å². The molecule has 52 heavy (non-hydrogen) atoms. The van der Waals surface area contributed by atoms with Gasteiger partial charge in [-0.05, 0) is 128 Å². The fourth-order valence-electron chi connectivity index (χ4n) is 9.29. The van der Waals surface area contributed by atoms with Gasteiger partial charge in [0.1, 0.15) is 5.82 Å². The summed E-state index contributed by atoms with van der Waals surface area (Å²) in [6.07, 6.45) is 0.982. The molecule has 2 N–H and O–H groups in total. The largest absolute Gasteiger partial charge is 0.370 e. The van der Waals surface area contributed by atoms with E-state index in [4.69, 9.17) is 0 Å². The van der Waals surface area contributed by atoms with E-state index < -0.39 is 25.5 Å². The summed E-state index contributed by atoms with van der Waals surface area (Å²) in [4.78, 5) is 5.63. The van der Waals surface area contributed by atoms with Crippen molar-refractivity contribution in [3.05, 3.63) is 108 Å². The van der Waals surface area contributed by atoms with Gasteiger partial charge in [0.2, 0.25) is 19.7 Å². The van der Waals surface area contributed by atoms with Crippen LogP contribution >= 0.6 is 0 Å². The smallest absolute Gasteiger partial charge is 0.206 e. The van der Waals surface area contributed by atoms with E-state index in [9.17, 15) is 21.2 Å². The quantitative estimate of drug-likeness (QED) is 0.245. The monoisotopic (exact) mass is 744 g/mol. The Morgan fingerprint density at radius 3 is 1.83 bits per heavy atom. The molecule has 4 heterocycles. The number of sulfone groups is 2. The highest BCUT2D eigenvalue weighted by Gasteiger charge is 2.44. The van der Waals surface area contributed by atoms with Gasteiger partial charge in [-0.2, -0.15) is 0 Å². The van der Waals surface area contributed by atoms with Crippen LogP contribution < -0.4 is 20.4 Å². The number of nitrogens with one attached hydrogen (secondary N) is 2. The minimum atomic E-state index is -3.74. The van der Waals surface area contributed by atoms with Crippen LogP contribution in [0.25, 0.3) is 0 Å². The zero-order valence-corrected chi connectivity index (χ0v) is 32.1. The molecule has 2 fully saturated rings. The van der Waals surface area contributed by atoms with Crippen LogP contribution in [0.15, 0.2) is 111 Å². The van der Waals surface area contributed by atoms with Gasteiger partial charge in [-0.3, -0.25) is 0 Å². The summed E-state index contributed by atoms with van der Waals surface area (Å²) in [5.74, 6) is 1.56. The lowest BCUT2D eigenvalue weighted by molar-refractivity contribution is 0.374. The van der Waals surface area contributed by atoms with Crippen LogP contribution in [0.4, 0.5) is 15.8 Å². The Bertz CT molecular complexity index is 2160. The van der Waals surface area contributed by atoms with Crippen molar-refractivity contribution in [2.45, 2.75) is 70.7 Å². The second-order valence-electron chi connectivity index (χ2n) is 15.1. The number of fused-ring (bicyclic) bond motifs is 6. The molecule has 276 valence electrons. The molecule has 0 bridgehead atoms. The third-order valence-electron chi connectivity index (χ3n) is 11.8. The molecule has 2 saturated heterocycles. The highest BCUT2D eigenvalue weighted by molar-refractivity contribution is 7.91. The number of benzene rings is 4. The zero-order valence-electron chi connectivity index (χ0n) is 30.5. The van der Waals surface area contributed by atoms with E-state index in [1.807, 2.05) is 24.3 Å². The standard InChI is InChI=1S/C21H26N2O2S.C20H23FN2O2S/c1-14-12-22-13-15(2)21-20(14)18-11-17(9-10-19(18)23(21)3)26(24,25)16-7-5-4-6-8-16;1-13-12-22-9-8-17-18-11-16(6-7-19(18)23(2)20(13)17)26(24,25)15-5-3-4-14(21)10-15/h4-11,14-15,20-22H,12-13H2,1-3H3;3-7,10-11,13,17,20,22H,8-9,12H2,1-2H3/t14?,15?,20-,21+;13?,17-,20+/m00/s1. The molecule has 0 amide bonds. The Hall–Kier alpha value is -3.77. The molecule has 4 aromatic rings. The zero-order chi connectivity index (χ0) is 36.9. The van der Waals surface area contributed by atoms with E-state index in [2.05, 4.69) is 55.3 Å². The molecular formula is C41H49FN4O4S2. The van der Waals surface area contributed by atoms with Crippen LogP contribution in [-0.4, -0.2) is 69.2 Å². The first-order valence-corrected chi connectivity index (χ1v) is 21.2. The molecular weight excluding hydrogens is 696 g/mol. The average molecular weight is 745 g/mol.